The summed E-state index contributed by atoms with van der Waals surface area (Å²) in [6.07, 6.45) is 0.720. The van der Waals surface area contributed by atoms with Crippen LogP contribution in [0.4, 0.5) is 10.5 Å². The molecule has 1 fully saturated rings. The third-order valence-corrected chi connectivity index (χ3v) is 3.58. The second-order valence-corrected chi connectivity index (χ2v) is 6.68. The van der Waals surface area contributed by atoms with Crippen LogP contribution in [0.15, 0.2) is 18.2 Å². The summed E-state index contributed by atoms with van der Waals surface area (Å²) >= 11 is 0. The van der Waals surface area contributed by atoms with E-state index < -0.39 is 23.1 Å². The van der Waals surface area contributed by atoms with Crippen molar-refractivity contribution in [3.63, 3.8) is 0 Å². The van der Waals surface area contributed by atoms with Crippen molar-refractivity contribution in [2.75, 3.05) is 5.32 Å². The summed E-state index contributed by atoms with van der Waals surface area (Å²) in [6, 6.07) is 4.84. The van der Waals surface area contributed by atoms with Crippen LogP contribution in [0, 0.1) is 0 Å². The maximum atomic E-state index is 11.9. The first-order chi connectivity index (χ1) is 10.1. The molecule has 1 saturated carbocycles. The van der Waals surface area contributed by atoms with Crippen LogP contribution < -0.4 is 5.32 Å². The number of ether oxygens (including phenoxy) is 1. The SMILES string of the molecule is CC(C)(C)OC(=O)Nc1c(O)cccc1C1(CC(=O)O)CC1. The molecule has 0 atom stereocenters. The third-order valence-electron chi connectivity index (χ3n) is 3.58. The molecule has 3 N–H and O–H groups in total. The molecule has 0 saturated heterocycles. The van der Waals surface area contributed by atoms with Crippen LogP contribution in [0.3, 0.4) is 0 Å². The zero-order valence-electron chi connectivity index (χ0n) is 13.0. The van der Waals surface area contributed by atoms with Gasteiger partial charge in [0.05, 0.1) is 12.1 Å². The molecule has 0 aromatic heterocycles. The van der Waals surface area contributed by atoms with Crippen molar-refractivity contribution < 1.29 is 24.5 Å². The molecule has 0 bridgehead atoms. The summed E-state index contributed by atoms with van der Waals surface area (Å²) in [5, 5.41) is 21.7. The molecule has 0 aliphatic heterocycles. The number of phenolic OH excluding ortho intramolecular Hbond substituents is 1. The first-order valence-corrected chi connectivity index (χ1v) is 7.17. The molecule has 1 aromatic rings. The molecule has 120 valence electrons. The molecule has 0 spiro atoms. The Morgan fingerprint density at radius 3 is 2.45 bits per heavy atom. The predicted octanol–water partition coefficient (Wildman–Crippen LogP) is 3.25. The van der Waals surface area contributed by atoms with Crippen LogP contribution in [0.2, 0.25) is 0 Å². The first-order valence-electron chi connectivity index (χ1n) is 7.17. The molecule has 1 aliphatic rings. The molecule has 0 radical (unpaired) electrons. The lowest BCUT2D eigenvalue weighted by Crippen LogP contribution is -2.28. The van der Waals surface area contributed by atoms with Gasteiger partial charge in [-0.15, -0.1) is 0 Å². The highest BCUT2D eigenvalue weighted by Crippen LogP contribution is 2.54. The van der Waals surface area contributed by atoms with E-state index in [2.05, 4.69) is 5.32 Å². The summed E-state index contributed by atoms with van der Waals surface area (Å²) in [7, 11) is 0. The van der Waals surface area contributed by atoms with E-state index >= 15 is 0 Å². The van der Waals surface area contributed by atoms with Crippen molar-refractivity contribution in [3.05, 3.63) is 23.8 Å². The number of carboxylic acid groups (broad SMARTS) is 1. The lowest BCUT2D eigenvalue weighted by Gasteiger charge is -2.22. The van der Waals surface area contributed by atoms with Crippen molar-refractivity contribution in [2.45, 2.75) is 51.0 Å². The lowest BCUT2D eigenvalue weighted by molar-refractivity contribution is -0.137. The second-order valence-electron chi connectivity index (χ2n) is 6.68. The number of rotatable bonds is 4. The van der Waals surface area contributed by atoms with E-state index in [1.54, 1.807) is 32.9 Å². The highest BCUT2D eigenvalue weighted by Gasteiger charge is 2.48. The zero-order valence-corrected chi connectivity index (χ0v) is 13.0. The van der Waals surface area contributed by atoms with Crippen LogP contribution in [-0.4, -0.2) is 27.9 Å². The van der Waals surface area contributed by atoms with E-state index in [1.807, 2.05) is 0 Å². The number of phenols is 1. The van der Waals surface area contributed by atoms with Gasteiger partial charge in [-0.1, -0.05) is 12.1 Å². The van der Waals surface area contributed by atoms with Crippen molar-refractivity contribution in [2.24, 2.45) is 0 Å². The van der Waals surface area contributed by atoms with Gasteiger partial charge in [0, 0.05) is 5.41 Å². The van der Waals surface area contributed by atoms with Gasteiger partial charge in [-0.05, 0) is 45.2 Å². The van der Waals surface area contributed by atoms with Crippen molar-refractivity contribution >= 4 is 17.7 Å². The van der Waals surface area contributed by atoms with E-state index in [0.717, 1.165) is 0 Å². The van der Waals surface area contributed by atoms with Gasteiger partial charge in [0.15, 0.2) is 0 Å². The van der Waals surface area contributed by atoms with Gasteiger partial charge in [-0.25, -0.2) is 4.79 Å². The average Bonchev–Trinajstić information content (AvgIpc) is 3.09. The maximum Gasteiger partial charge on any atom is 0.412 e. The van der Waals surface area contributed by atoms with Crippen LogP contribution >= 0.6 is 0 Å². The Labute approximate surface area is 129 Å². The minimum Gasteiger partial charge on any atom is -0.506 e. The number of aliphatic carboxylic acids is 1. The second kappa shape index (κ2) is 5.51. The summed E-state index contributed by atoms with van der Waals surface area (Å²) in [4.78, 5) is 23.0. The Hall–Kier alpha value is -2.24. The minimum absolute atomic E-state index is 0.0283. The van der Waals surface area contributed by atoms with Gasteiger partial charge in [-0.3, -0.25) is 10.1 Å². The van der Waals surface area contributed by atoms with Gasteiger partial charge < -0.3 is 14.9 Å². The topological polar surface area (TPSA) is 95.9 Å². The molecular formula is C16H21NO5. The largest absolute Gasteiger partial charge is 0.506 e. The summed E-state index contributed by atoms with van der Waals surface area (Å²) in [5.74, 6) is -0.996. The van der Waals surface area contributed by atoms with E-state index in [0.29, 0.717) is 18.4 Å². The molecule has 2 rings (SSSR count). The molecule has 6 nitrogen and oxygen atoms in total. The number of carbonyl (C=O) groups excluding carboxylic acids is 1. The number of hydrogen-bond acceptors (Lipinski definition) is 4. The number of benzene rings is 1. The van der Waals surface area contributed by atoms with Gasteiger partial charge in [-0.2, -0.15) is 0 Å². The molecule has 6 heteroatoms. The third kappa shape index (κ3) is 3.69. The van der Waals surface area contributed by atoms with E-state index in [4.69, 9.17) is 9.84 Å². The van der Waals surface area contributed by atoms with Gasteiger partial charge in [0.2, 0.25) is 0 Å². The fraction of sp³-hybridized carbons (Fsp3) is 0.500. The van der Waals surface area contributed by atoms with E-state index in [-0.39, 0.29) is 17.9 Å². The first kappa shape index (κ1) is 16.1. The Morgan fingerprint density at radius 1 is 1.32 bits per heavy atom. The van der Waals surface area contributed by atoms with Crippen molar-refractivity contribution in [1.82, 2.24) is 0 Å². The highest BCUT2D eigenvalue weighted by molar-refractivity contribution is 5.89. The average molecular weight is 307 g/mol. The monoisotopic (exact) mass is 307 g/mol. The fourth-order valence-electron chi connectivity index (χ4n) is 2.50. The number of nitrogens with one attached hydrogen (secondary N) is 1. The Balaban J connectivity index is 2.28. The fourth-order valence-corrected chi connectivity index (χ4v) is 2.50. The number of para-hydroxylation sites is 1. The molecule has 1 aromatic carbocycles. The molecule has 0 unspecified atom stereocenters. The predicted molar refractivity (Wildman–Crippen MR) is 81.1 cm³/mol. The van der Waals surface area contributed by atoms with Crippen LogP contribution in [-0.2, 0) is 14.9 Å². The lowest BCUT2D eigenvalue weighted by atomic mass is 9.90. The Kier molecular flexibility index (Phi) is 4.04. The van der Waals surface area contributed by atoms with Crippen LogP contribution in [0.1, 0.15) is 45.6 Å². The van der Waals surface area contributed by atoms with Gasteiger partial charge in [0.25, 0.3) is 0 Å². The van der Waals surface area contributed by atoms with Gasteiger partial charge in [0.1, 0.15) is 11.4 Å². The Morgan fingerprint density at radius 2 is 1.95 bits per heavy atom. The summed E-state index contributed by atoms with van der Waals surface area (Å²) in [6.45, 7) is 5.22. The van der Waals surface area contributed by atoms with Gasteiger partial charge >= 0.3 is 12.1 Å². The van der Waals surface area contributed by atoms with E-state index in [9.17, 15) is 14.7 Å². The number of aromatic hydroxyl groups is 1. The van der Waals surface area contributed by atoms with Crippen molar-refractivity contribution in [1.29, 1.82) is 0 Å². The molecule has 1 amide bonds. The minimum atomic E-state index is -0.899. The number of anilines is 1. The normalized spacial score (nSPS) is 16.0. The van der Waals surface area contributed by atoms with E-state index in [1.165, 1.54) is 6.07 Å². The quantitative estimate of drug-likeness (QED) is 0.742. The van der Waals surface area contributed by atoms with Crippen LogP contribution in [0.5, 0.6) is 5.75 Å². The molecule has 0 heterocycles. The highest BCUT2D eigenvalue weighted by atomic mass is 16.6. The molecular weight excluding hydrogens is 286 g/mol. The number of amides is 1. The standard InChI is InChI=1S/C16H21NO5/c1-15(2,3)22-14(21)17-13-10(5-4-6-11(13)18)16(7-8-16)9-12(19)20/h4-6,18H,7-9H2,1-3H3,(H,17,21)(H,19,20). The number of carbonyl (C=O) groups is 2. The summed E-state index contributed by atoms with van der Waals surface area (Å²) in [5.41, 5.74) is -0.307. The summed E-state index contributed by atoms with van der Waals surface area (Å²) < 4.78 is 5.19. The molecule has 22 heavy (non-hydrogen) atoms. The zero-order chi connectivity index (χ0) is 16.5. The molecule has 1 aliphatic carbocycles. The van der Waals surface area contributed by atoms with Crippen LogP contribution in [0.25, 0.3) is 0 Å². The number of hydrogen-bond donors (Lipinski definition) is 3. The Bertz CT molecular complexity index is 599. The van der Waals surface area contributed by atoms with Crippen molar-refractivity contribution in [3.8, 4) is 5.75 Å². The maximum absolute atomic E-state index is 11.9. The smallest absolute Gasteiger partial charge is 0.412 e. The number of carboxylic acids is 1.